The van der Waals surface area contributed by atoms with Gasteiger partial charge < -0.3 is 19.1 Å². The molecule has 0 saturated carbocycles. The predicted octanol–water partition coefficient (Wildman–Crippen LogP) is 3.34. The highest BCUT2D eigenvalue weighted by Gasteiger charge is 2.10. The second-order valence-corrected chi connectivity index (χ2v) is 5.65. The van der Waals surface area contributed by atoms with Gasteiger partial charge in [0.25, 0.3) is 0 Å². The summed E-state index contributed by atoms with van der Waals surface area (Å²) in [4.78, 5) is 4.45. The molecule has 0 aliphatic carbocycles. The quantitative estimate of drug-likeness (QED) is 0.640. The Kier molecular flexibility index (Phi) is 5.36. The van der Waals surface area contributed by atoms with Crippen molar-refractivity contribution in [3.05, 3.63) is 66.5 Å². The second kappa shape index (κ2) is 7.85. The van der Waals surface area contributed by atoms with E-state index in [-0.39, 0.29) is 6.61 Å². The van der Waals surface area contributed by atoms with Gasteiger partial charge in [0, 0.05) is 0 Å². The number of aliphatic hydroxyl groups is 1. The summed E-state index contributed by atoms with van der Waals surface area (Å²) in [5.74, 6) is 2.04. The largest absolute Gasteiger partial charge is 0.493 e. The number of para-hydroxylation sites is 2. The molecule has 3 aromatic rings. The van der Waals surface area contributed by atoms with Crippen molar-refractivity contribution < 1.29 is 14.6 Å². The van der Waals surface area contributed by atoms with Crippen LogP contribution in [0.1, 0.15) is 11.4 Å². The van der Waals surface area contributed by atoms with Gasteiger partial charge in [-0.25, -0.2) is 4.98 Å². The van der Waals surface area contributed by atoms with Gasteiger partial charge in [0.15, 0.2) is 11.5 Å². The van der Waals surface area contributed by atoms with Crippen LogP contribution in [0.2, 0.25) is 0 Å². The molecule has 130 valence electrons. The monoisotopic (exact) mass is 338 g/mol. The summed E-state index contributed by atoms with van der Waals surface area (Å²) in [5, 5.41) is 9.55. The molecule has 0 unspecified atom stereocenters. The van der Waals surface area contributed by atoms with Crippen LogP contribution in [-0.2, 0) is 19.6 Å². The smallest absolute Gasteiger partial charge is 0.161 e. The molecule has 5 heteroatoms. The standard InChI is InChI=1S/C20H22N2O3/c1-3-6-15-9-10-18(19(13-15)24-2)25-12-11-22-17-8-5-4-7-16(17)21-20(22)14-23/h3-5,7-10,13,23H,1,6,11-12,14H2,2H3. The van der Waals surface area contributed by atoms with Gasteiger partial charge in [-0.15, -0.1) is 6.58 Å². The summed E-state index contributed by atoms with van der Waals surface area (Å²) in [5.41, 5.74) is 2.99. The van der Waals surface area contributed by atoms with E-state index in [1.165, 1.54) is 0 Å². The number of ether oxygens (including phenoxy) is 2. The first-order chi connectivity index (χ1) is 12.3. The minimum Gasteiger partial charge on any atom is -0.493 e. The zero-order valence-corrected chi connectivity index (χ0v) is 14.3. The van der Waals surface area contributed by atoms with E-state index in [0.717, 1.165) is 23.0 Å². The molecule has 0 aliphatic rings. The van der Waals surface area contributed by atoms with Gasteiger partial charge in [-0.05, 0) is 36.2 Å². The molecule has 0 spiro atoms. The van der Waals surface area contributed by atoms with Gasteiger partial charge in [-0.2, -0.15) is 0 Å². The number of aliphatic hydroxyl groups excluding tert-OH is 1. The molecule has 1 aromatic heterocycles. The van der Waals surface area contributed by atoms with Gasteiger partial charge in [-0.1, -0.05) is 24.3 Å². The molecular formula is C20H22N2O3. The lowest BCUT2D eigenvalue weighted by Crippen LogP contribution is -2.11. The fourth-order valence-corrected chi connectivity index (χ4v) is 2.87. The lowest BCUT2D eigenvalue weighted by molar-refractivity contribution is 0.252. The molecule has 0 amide bonds. The van der Waals surface area contributed by atoms with E-state index in [4.69, 9.17) is 9.47 Å². The number of rotatable bonds is 8. The normalized spacial score (nSPS) is 10.8. The highest BCUT2D eigenvalue weighted by Crippen LogP contribution is 2.28. The summed E-state index contributed by atoms with van der Waals surface area (Å²) in [6, 6.07) is 13.7. The number of benzene rings is 2. The maximum atomic E-state index is 9.55. The zero-order valence-electron chi connectivity index (χ0n) is 14.3. The van der Waals surface area contributed by atoms with Gasteiger partial charge in [0.1, 0.15) is 19.0 Å². The van der Waals surface area contributed by atoms with Gasteiger partial charge in [0.2, 0.25) is 0 Å². The molecule has 1 N–H and O–H groups in total. The molecule has 3 rings (SSSR count). The van der Waals surface area contributed by atoms with Crippen molar-refractivity contribution >= 4 is 11.0 Å². The Hall–Kier alpha value is -2.79. The molecule has 0 bridgehead atoms. The molecule has 2 aromatic carbocycles. The molecule has 25 heavy (non-hydrogen) atoms. The minimum absolute atomic E-state index is 0.103. The number of hydrogen-bond acceptors (Lipinski definition) is 4. The van der Waals surface area contributed by atoms with Crippen LogP contribution in [0.4, 0.5) is 0 Å². The lowest BCUT2D eigenvalue weighted by Gasteiger charge is -2.13. The van der Waals surface area contributed by atoms with Crippen molar-refractivity contribution in [1.29, 1.82) is 0 Å². The van der Waals surface area contributed by atoms with Crippen molar-refractivity contribution in [3.63, 3.8) is 0 Å². The van der Waals surface area contributed by atoms with E-state index >= 15 is 0 Å². The van der Waals surface area contributed by atoms with Gasteiger partial charge >= 0.3 is 0 Å². The van der Waals surface area contributed by atoms with E-state index in [0.29, 0.717) is 30.5 Å². The fraction of sp³-hybridized carbons (Fsp3) is 0.250. The van der Waals surface area contributed by atoms with Crippen molar-refractivity contribution in [2.75, 3.05) is 13.7 Å². The van der Waals surface area contributed by atoms with E-state index in [1.807, 2.05) is 53.1 Å². The number of nitrogens with zero attached hydrogens (tertiary/aromatic N) is 2. The van der Waals surface area contributed by atoms with Gasteiger partial charge in [0.05, 0.1) is 24.7 Å². The second-order valence-electron chi connectivity index (χ2n) is 5.65. The highest BCUT2D eigenvalue weighted by molar-refractivity contribution is 5.75. The van der Waals surface area contributed by atoms with Crippen molar-refractivity contribution in [2.24, 2.45) is 0 Å². The van der Waals surface area contributed by atoms with E-state index < -0.39 is 0 Å². The van der Waals surface area contributed by atoms with E-state index in [2.05, 4.69) is 11.6 Å². The van der Waals surface area contributed by atoms with Crippen LogP contribution in [-0.4, -0.2) is 28.4 Å². The van der Waals surface area contributed by atoms with Crippen molar-refractivity contribution in [2.45, 2.75) is 19.6 Å². The molecule has 0 radical (unpaired) electrons. The summed E-state index contributed by atoms with van der Waals surface area (Å²) in [6.45, 7) is 4.69. The zero-order chi connectivity index (χ0) is 17.6. The maximum Gasteiger partial charge on any atom is 0.161 e. The molecule has 0 atom stereocenters. The topological polar surface area (TPSA) is 56.5 Å². The summed E-state index contributed by atoms with van der Waals surface area (Å²) < 4.78 is 13.3. The average molecular weight is 338 g/mol. The predicted molar refractivity (Wildman–Crippen MR) is 98.0 cm³/mol. The van der Waals surface area contributed by atoms with Crippen LogP contribution >= 0.6 is 0 Å². The molecule has 0 aliphatic heterocycles. The average Bonchev–Trinajstić information content (AvgIpc) is 3.01. The number of allylic oxidation sites excluding steroid dienone is 1. The Bertz CT molecular complexity index is 871. The first-order valence-electron chi connectivity index (χ1n) is 8.22. The first-order valence-corrected chi connectivity index (χ1v) is 8.22. The third-order valence-corrected chi connectivity index (χ3v) is 4.06. The maximum absolute atomic E-state index is 9.55. The third kappa shape index (κ3) is 3.67. The van der Waals surface area contributed by atoms with Crippen LogP contribution in [0.25, 0.3) is 11.0 Å². The molecular weight excluding hydrogens is 316 g/mol. The summed E-state index contributed by atoms with van der Waals surface area (Å²) >= 11 is 0. The van der Waals surface area contributed by atoms with Crippen LogP contribution in [0.3, 0.4) is 0 Å². The first kappa shape index (κ1) is 17.0. The van der Waals surface area contributed by atoms with Crippen LogP contribution in [0.15, 0.2) is 55.1 Å². The minimum atomic E-state index is -0.103. The number of fused-ring (bicyclic) bond motifs is 1. The number of aromatic nitrogens is 2. The van der Waals surface area contributed by atoms with Gasteiger partial charge in [-0.3, -0.25) is 0 Å². The van der Waals surface area contributed by atoms with Crippen LogP contribution in [0, 0.1) is 0 Å². The van der Waals surface area contributed by atoms with Crippen molar-refractivity contribution in [3.8, 4) is 11.5 Å². The Balaban J connectivity index is 1.74. The Morgan fingerprint density at radius 2 is 2.04 bits per heavy atom. The number of hydrogen-bond donors (Lipinski definition) is 1. The summed E-state index contributed by atoms with van der Waals surface area (Å²) in [7, 11) is 1.63. The number of imidazole rings is 1. The molecule has 5 nitrogen and oxygen atoms in total. The molecule has 0 saturated heterocycles. The highest BCUT2D eigenvalue weighted by atomic mass is 16.5. The Labute approximate surface area is 147 Å². The molecule has 0 fully saturated rings. The van der Waals surface area contributed by atoms with Crippen LogP contribution in [0.5, 0.6) is 11.5 Å². The van der Waals surface area contributed by atoms with E-state index in [9.17, 15) is 5.11 Å². The SMILES string of the molecule is C=CCc1ccc(OCCn2c(CO)nc3ccccc32)c(OC)c1. The van der Waals surface area contributed by atoms with Crippen LogP contribution < -0.4 is 9.47 Å². The van der Waals surface area contributed by atoms with Crippen molar-refractivity contribution in [1.82, 2.24) is 9.55 Å². The Morgan fingerprint density at radius 1 is 1.20 bits per heavy atom. The van der Waals surface area contributed by atoms with E-state index in [1.54, 1.807) is 7.11 Å². The molecule has 1 heterocycles. The summed E-state index contributed by atoms with van der Waals surface area (Å²) in [6.07, 6.45) is 2.65. The number of methoxy groups -OCH3 is 1. The lowest BCUT2D eigenvalue weighted by atomic mass is 10.1. The third-order valence-electron chi connectivity index (χ3n) is 4.06. The Morgan fingerprint density at radius 3 is 2.80 bits per heavy atom. The fourth-order valence-electron chi connectivity index (χ4n) is 2.87.